The quantitative estimate of drug-likeness (QED) is 0.193. The zero-order chi connectivity index (χ0) is 35.0. The molecule has 266 valence electrons. The van der Waals surface area contributed by atoms with Gasteiger partial charge in [-0.1, -0.05) is 6.07 Å². The average molecular weight is 686 g/mol. The third-order valence-corrected chi connectivity index (χ3v) is 9.37. The summed E-state index contributed by atoms with van der Waals surface area (Å²) in [6.07, 6.45) is 12.4. The van der Waals surface area contributed by atoms with E-state index < -0.39 is 0 Å². The Morgan fingerprint density at radius 1 is 1.02 bits per heavy atom. The fraction of sp³-hybridized carbons (Fsp3) is 0.571. The maximum Gasteiger partial charge on any atom is 0.256 e. The normalized spacial score (nSPS) is 22.4. The van der Waals surface area contributed by atoms with Crippen molar-refractivity contribution in [2.45, 2.75) is 103 Å². The lowest BCUT2D eigenvalue weighted by Gasteiger charge is -2.42. The van der Waals surface area contributed by atoms with Gasteiger partial charge in [0.25, 0.3) is 5.88 Å². The van der Waals surface area contributed by atoms with E-state index in [-0.39, 0.29) is 30.5 Å². The molecule has 1 saturated heterocycles. The third kappa shape index (κ3) is 8.92. The van der Waals surface area contributed by atoms with Gasteiger partial charge in [-0.2, -0.15) is 5.26 Å². The van der Waals surface area contributed by atoms with Gasteiger partial charge in [-0.25, -0.2) is 14.6 Å². The molecular weight excluding hydrogens is 638 g/mol. The van der Waals surface area contributed by atoms with E-state index in [1.165, 1.54) is 6.33 Å². The third-order valence-electron chi connectivity index (χ3n) is 9.37. The van der Waals surface area contributed by atoms with E-state index in [9.17, 15) is 5.26 Å². The van der Waals surface area contributed by atoms with Gasteiger partial charge in [0.2, 0.25) is 5.95 Å². The van der Waals surface area contributed by atoms with Crippen molar-refractivity contribution < 1.29 is 18.9 Å². The Labute approximate surface area is 292 Å². The minimum atomic E-state index is -0.272. The van der Waals surface area contributed by atoms with Crippen molar-refractivity contribution in [1.29, 1.82) is 5.26 Å². The monoisotopic (exact) mass is 685 g/mol. The van der Waals surface area contributed by atoms with Crippen LogP contribution in [0.25, 0.3) is 11.1 Å². The Balaban J connectivity index is 1.13. The summed E-state index contributed by atoms with van der Waals surface area (Å²) in [5, 5.41) is 29.1. The van der Waals surface area contributed by atoms with Gasteiger partial charge in [-0.05, 0) is 81.5 Å². The van der Waals surface area contributed by atoms with Crippen molar-refractivity contribution in [2.75, 3.05) is 32.1 Å². The molecule has 1 aliphatic carbocycles. The van der Waals surface area contributed by atoms with Crippen LogP contribution in [0.3, 0.4) is 0 Å². The molecule has 15 heteroatoms. The lowest BCUT2D eigenvalue weighted by molar-refractivity contribution is -0.0852. The predicted molar refractivity (Wildman–Crippen MR) is 185 cm³/mol. The van der Waals surface area contributed by atoms with Crippen LogP contribution in [0.4, 0.5) is 11.6 Å². The molecule has 3 aromatic heterocycles. The molecule has 1 N–H and O–H groups in total. The van der Waals surface area contributed by atoms with Gasteiger partial charge < -0.3 is 24.3 Å². The van der Waals surface area contributed by atoms with Gasteiger partial charge in [0, 0.05) is 50.6 Å². The first-order valence-electron chi connectivity index (χ1n) is 17.4. The van der Waals surface area contributed by atoms with Crippen LogP contribution in [0, 0.1) is 11.3 Å². The largest absolute Gasteiger partial charge is 0.487 e. The van der Waals surface area contributed by atoms with Crippen molar-refractivity contribution >= 4 is 11.6 Å². The van der Waals surface area contributed by atoms with E-state index >= 15 is 0 Å². The lowest BCUT2D eigenvalue weighted by atomic mass is 9.89. The maximum atomic E-state index is 9.68. The number of morpholine rings is 1. The molecule has 1 aliphatic heterocycles. The standard InChI is InChI=1S/C35H47N11O4/c1-23(47-5)12-13-48-34-32(21-46(41-34)31-10-8-30(9-11-31)44-18-24(2)49-25(3)19-44)40-35-37-16-29(17-38-35)27-6-7-28(15-36)33(14-27)50-26(4)20-45-22-39-42-43-45/h6-7,14,16-17,21-26,30-31H,8-13,18-20H2,1-5H3,(H,37,38,40)/t23-,24-,25+,26-,30?,31?/m0/s1. The maximum absolute atomic E-state index is 9.68. The SMILES string of the molecule is CO[C@@H](C)CCOc1nn(C2CCC(N3C[C@@H](C)O[C@@H](C)C3)CC2)cc1Nc1ncc(-c2ccc(C#N)c(O[C@@H](C)Cn3cnnn3)c2)cn1. The van der Waals surface area contributed by atoms with Gasteiger partial charge in [0.15, 0.2) is 0 Å². The zero-order valence-electron chi connectivity index (χ0n) is 29.5. The van der Waals surface area contributed by atoms with Crippen molar-refractivity contribution in [1.82, 2.24) is 44.9 Å². The van der Waals surface area contributed by atoms with Gasteiger partial charge in [-0.15, -0.1) is 10.2 Å². The summed E-state index contributed by atoms with van der Waals surface area (Å²) in [5.74, 6) is 1.40. The van der Waals surface area contributed by atoms with Crippen LogP contribution in [0.15, 0.2) is 43.1 Å². The summed E-state index contributed by atoms with van der Waals surface area (Å²) in [5.41, 5.74) is 2.74. The van der Waals surface area contributed by atoms with Crippen LogP contribution in [0.5, 0.6) is 11.6 Å². The lowest BCUT2D eigenvalue weighted by Crippen LogP contribution is -2.51. The van der Waals surface area contributed by atoms with Gasteiger partial charge in [0.1, 0.15) is 29.9 Å². The molecule has 2 aliphatic rings. The highest BCUT2D eigenvalue weighted by Crippen LogP contribution is 2.35. The second-order valence-electron chi connectivity index (χ2n) is 13.4. The molecule has 50 heavy (non-hydrogen) atoms. The average Bonchev–Trinajstić information content (AvgIpc) is 3.78. The molecule has 1 saturated carbocycles. The van der Waals surface area contributed by atoms with E-state index in [0.717, 1.165) is 56.3 Å². The van der Waals surface area contributed by atoms with Crippen LogP contribution < -0.4 is 14.8 Å². The first kappa shape index (κ1) is 35.2. The number of hydrogen-bond donors (Lipinski definition) is 1. The first-order chi connectivity index (χ1) is 24.3. The molecule has 0 unspecified atom stereocenters. The molecule has 0 spiro atoms. The second kappa shape index (κ2) is 16.4. The molecule has 0 bridgehead atoms. The number of tetrazole rings is 1. The molecule has 0 radical (unpaired) electrons. The Bertz CT molecular complexity index is 1690. The Morgan fingerprint density at radius 2 is 1.76 bits per heavy atom. The summed E-state index contributed by atoms with van der Waals surface area (Å²) in [6.45, 7) is 11.1. The number of methoxy groups -OCH3 is 1. The Kier molecular flexibility index (Phi) is 11.5. The van der Waals surface area contributed by atoms with E-state index in [1.807, 2.05) is 36.9 Å². The molecule has 6 rings (SSSR count). The van der Waals surface area contributed by atoms with Gasteiger partial charge in [0.05, 0.1) is 49.3 Å². The van der Waals surface area contributed by atoms with Crippen molar-refractivity contribution in [3.05, 3.63) is 48.7 Å². The summed E-state index contributed by atoms with van der Waals surface area (Å²) in [6, 6.07) is 8.48. The summed E-state index contributed by atoms with van der Waals surface area (Å²) >= 11 is 0. The predicted octanol–water partition coefficient (Wildman–Crippen LogP) is 4.81. The minimum Gasteiger partial charge on any atom is -0.487 e. The molecule has 0 amide bonds. The number of anilines is 2. The molecule has 4 atom stereocenters. The Morgan fingerprint density at radius 3 is 2.44 bits per heavy atom. The van der Waals surface area contributed by atoms with Crippen molar-refractivity contribution in [2.24, 2.45) is 0 Å². The van der Waals surface area contributed by atoms with Crippen LogP contribution in [-0.4, -0.2) is 102 Å². The topological polar surface area (TPSA) is 163 Å². The highest BCUT2D eigenvalue weighted by Gasteiger charge is 2.32. The summed E-state index contributed by atoms with van der Waals surface area (Å²) < 4.78 is 27.3. The number of hydrogen-bond acceptors (Lipinski definition) is 13. The molecular formula is C35H47N11O4. The number of rotatable bonds is 14. The smallest absolute Gasteiger partial charge is 0.256 e. The van der Waals surface area contributed by atoms with Crippen LogP contribution in [0.1, 0.15) is 71.4 Å². The van der Waals surface area contributed by atoms with Gasteiger partial charge in [-0.3, -0.25) is 9.58 Å². The number of nitrogens with zero attached hydrogens (tertiary/aromatic N) is 10. The molecule has 15 nitrogen and oxygen atoms in total. The van der Waals surface area contributed by atoms with Crippen LogP contribution in [-0.2, 0) is 16.0 Å². The highest BCUT2D eigenvalue weighted by molar-refractivity contribution is 5.67. The highest BCUT2D eigenvalue weighted by atomic mass is 16.5. The fourth-order valence-corrected chi connectivity index (χ4v) is 6.73. The summed E-state index contributed by atoms with van der Waals surface area (Å²) in [7, 11) is 1.70. The number of nitriles is 1. The zero-order valence-corrected chi connectivity index (χ0v) is 29.5. The minimum absolute atomic E-state index is 0.0765. The van der Waals surface area contributed by atoms with E-state index in [4.69, 9.17) is 24.0 Å². The number of nitrogens with one attached hydrogen (secondary N) is 1. The molecule has 2 fully saturated rings. The fourth-order valence-electron chi connectivity index (χ4n) is 6.73. The van der Waals surface area contributed by atoms with Gasteiger partial charge >= 0.3 is 0 Å². The first-order valence-corrected chi connectivity index (χ1v) is 17.4. The van der Waals surface area contributed by atoms with E-state index in [1.54, 1.807) is 30.3 Å². The van der Waals surface area contributed by atoms with Crippen LogP contribution >= 0.6 is 0 Å². The molecule has 1 aromatic carbocycles. The number of aromatic nitrogens is 8. The summed E-state index contributed by atoms with van der Waals surface area (Å²) in [4.78, 5) is 11.8. The van der Waals surface area contributed by atoms with Crippen molar-refractivity contribution in [3.63, 3.8) is 0 Å². The van der Waals surface area contributed by atoms with Crippen molar-refractivity contribution in [3.8, 4) is 28.8 Å². The molecule has 4 aromatic rings. The number of ether oxygens (including phenoxy) is 4. The number of benzene rings is 1. The van der Waals surface area contributed by atoms with E-state index in [0.29, 0.717) is 48.0 Å². The van der Waals surface area contributed by atoms with E-state index in [2.05, 4.69) is 55.6 Å². The Hall–Kier alpha value is -4.65. The molecule has 4 heterocycles. The second-order valence-corrected chi connectivity index (χ2v) is 13.4. The van der Waals surface area contributed by atoms with Crippen LogP contribution in [0.2, 0.25) is 0 Å².